The zero-order valence-corrected chi connectivity index (χ0v) is 17.2. The highest BCUT2D eigenvalue weighted by Gasteiger charge is 2.19. The van der Waals surface area contributed by atoms with Crippen LogP contribution in [0.1, 0.15) is 5.69 Å². The molecule has 0 saturated carbocycles. The van der Waals surface area contributed by atoms with Gasteiger partial charge in [0.1, 0.15) is 11.5 Å². The number of imidazole rings is 1. The highest BCUT2D eigenvalue weighted by Crippen LogP contribution is 2.21. The molecule has 0 spiro atoms. The van der Waals surface area contributed by atoms with E-state index in [2.05, 4.69) is 19.8 Å². The molecule has 0 bridgehead atoms. The van der Waals surface area contributed by atoms with Gasteiger partial charge in [-0.2, -0.15) is 0 Å². The summed E-state index contributed by atoms with van der Waals surface area (Å²) in [7, 11) is 0. The fourth-order valence-electron chi connectivity index (χ4n) is 4.11. The lowest BCUT2D eigenvalue weighted by atomic mass is 10.2. The van der Waals surface area contributed by atoms with Gasteiger partial charge in [0.15, 0.2) is 0 Å². The minimum absolute atomic E-state index is 0.298. The molecule has 4 aromatic rings. The van der Waals surface area contributed by atoms with E-state index < -0.39 is 18.5 Å². The van der Waals surface area contributed by atoms with Gasteiger partial charge in [0, 0.05) is 50.8 Å². The maximum Gasteiger partial charge on any atom is 0.261 e. The first-order chi connectivity index (χ1) is 15.5. The van der Waals surface area contributed by atoms with E-state index in [1.807, 2.05) is 18.3 Å². The van der Waals surface area contributed by atoms with Crippen LogP contribution in [0.4, 0.5) is 18.9 Å². The van der Waals surface area contributed by atoms with Crippen LogP contribution in [-0.4, -0.2) is 56.4 Å². The Morgan fingerprint density at radius 1 is 1.03 bits per heavy atom. The molecule has 1 fully saturated rings. The van der Waals surface area contributed by atoms with Gasteiger partial charge in [-0.25, -0.2) is 23.1 Å². The fraction of sp³-hybridized carbons (Fsp3) is 0.318. The van der Waals surface area contributed by atoms with Crippen molar-refractivity contribution in [2.24, 2.45) is 0 Å². The summed E-state index contributed by atoms with van der Waals surface area (Å²) in [5, 5.41) is 0.332. The van der Waals surface area contributed by atoms with E-state index in [9.17, 15) is 18.0 Å². The molecule has 1 aliphatic heterocycles. The molecule has 1 saturated heterocycles. The zero-order chi connectivity index (χ0) is 22.2. The van der Waals surface area contributed by atoms with Crippen LogP contribution in [0.3, 0.4) is 0 Å². The number of benzene rings is 1. The van der Waals surface area contributed by atoms with Crippen LogP contribution in [0, 0.1) is 5.82 Å². The Bertz CT molecular complexity index is 1330. The van der Waals surface area contributed by atoms with Gasteiger partial charge in [-0.05, 0) is 30.3 Å². The second-order valence-corrected chi connectivity index (χ2v) is 7.90. The number of nitrogens with zero attached hydrogens (tertiary/aromatic N) is 6. The quantitative estimate of drug-likeness (QED) is 0.476. The van der Waals surface area contributed by atoms with Crippen LogP contribution in [0.5, 0.6) is 0 Å². The number of piperazine rings is 1. The number of hydrogen-bond acceptors (Lipinski definition) is 5. The van der Waals surface area contributed by atoms with Gasteiger partial charge in [-0.15, -0.1) is 0 Å². The average Bonchev–Trinajstić information content (AvgIpc) is 3.17. The Morgan fingerprint density at radius 3 is 2.62 bits per heavy atom. The second-order valence-electron chi connectivity index (χ2n) is 7.90. The molecule has 1 aliphatic rings. The molecule has 0 N–H and O–H groups in total. The molecule has 0 aliphatic carbocycles. The van der Waals surface area contributed by atoms with Gasteiger partial charge in [-0.3, -0.25) is 14.3 Å². The van der Waals surface area contributed by atoms with E-state index in [1.165, 1.54) is 18.6 Å². The number of fused-ring (bicyclic) bond motifs is 2. The van der Waals surface area contributed by atoms with Crippen molar-refractivity contribution in [1.29, 1.82) is 0 Å². The van der Waals surface area contributed by atoms with E-state index in [1.54, 1.807) is 16.5 Å². The molecule has 0 amide bonds. The third kappa shape index (κ3) is 4.05. The van der Waals surface area contributed by atoms with Gasteiger partial charge in [0.05, 0.1) is 29.5 Å². The molecule has 32 heavy (non-hydrogen) atoms. The van der Waals surface area contributed by atoms with Crippen LogP contribution in [0.15, 0.2) is 53.8 Å². The molecule has 10 heteroatoms. The lowest BCUT2D eigenvalue weighted by molar-refractivity contribution is 0.125. The van der Waals surface area contributed by atoms with Crippen molar-refractivity contribution >= 4 is 22.2 Å². The number of anilines is 1. The summed E-state index contributed by atoms with van der Waals surface area (Å²) >= 11 is 0. The summed E-state index contributed by atoms with van der Waals surface area (Å²) in [6.07, 6.45) is 1.84. The smallest absolute Gasteiger partial charge is 0.261 e. The van der Waals surface area contributed by atoms with Crippen LogP contribution in [-0.2, 0) is 13.1 Å². The molecular weight excluding hydrogens is 421 g/mol. The molecule has 0 radical (unpaired) electrons. The van der Waals surface area contributed by atoms with Crippen LogP contribution in [0.2, 0.25) is 0 Å². The molecule has 0 unspecified atom stereocenters. The molecule has 0 atom stereocenters. The first-order valence-electron chi connectivity index (χ1n) is 10.3. The fourth-order valence-corrected chi connectivity index (χ4v) is 4.11. The maximum absolute atomic E-state index is 13.4. The van der Waals surface area contributed by atoms with Crippen LogP contribution < -0.4 is 10.5 Å². The number of halogens is 3. The summed E-state index contributed by atoms with van der Waals surface area (Å²) in [4.78, 5) is 25.6. The predicted octanol–water partition coefficient (Wildman–Crippen LogP) is 2.77. The largest absolute Gasteiger partial charge is 0.369 e. The minimum Gasteiger partial charge on any atom is -0.369 e. The standard InChI is InChI=1S/C22H21F3N6O/c23-15-1-4-21-27-16(12-30(21)10-15)11-28-5-7-29(8-6-28)17-2-3-18-19(9-17)26-14-31(22(18)32)13-20(24)25/h1-4,9-10,12,14,20H,5-8,11,13H2. The van der Waals surface area contributed by atoms with Crippen LogP contribution in [0.25, 0.3) is 16.6 Å². The van der Waals surface area contributed by atoms with Crippen LogP contribution >= 0.6 is 0 Å². The molecular formula is C22H21F3N6O. The Labute approximate surface area is 181 Å². The van der Waals surface area contributed by atoms with E-state index in [4.69, 9.17) is 0 Å². The van der Waals surface area contributed by atoms with Gasteiger partial charge < -0.3 is 9.30 Å². The van der Waals surface area contributed by atoms with Crippen molar-refractivity contribution in [1.82, 2.24) is 23.8 Å². The Hall–Kier alpha value is -3.40. The lowest BCUT2D eigenvalue weighted by Gasteiger charge is -2.35. The van der Waals surface area contributed by atoms with Gasteiger partial charge >= 0.3 is 0 Å². The number of pyridine rings is 1. The summed E-state index contributed by atoms with van der Waals surface area (Å²) in [6, 6.07) is 8.38. The number of rotatable bonds is 5. The van der Waals surface area contributed by atoms with E-state index in [0.29, 0.717) is 17.4 Å². The van der Waals surface area contributed by atoms with Crippen molar-refractivity contribution < 1.29 is 13.2 Å². The highest BCUT2D eigenvalue weighted by molar-refractivity contribution is 5.81. The summed E-state index contributed by atoms with van der Waals surface area (Å²) in [5.74, 6) is -0.298. The number of hydrogen-bond donors (Lipinski definition) is 0. The normalized spacial score (nSPS) is 15.3. The maximum atomic E-state index is 13.4. The Morgan fingerprint density at radius 2 is 1.84 bits per heavy atom. The van der Waals surface area contributed by atoms with E-state index in [-0.39, 0.29) is 5.82 Å². The topological polar surface area (TPSA) is 58.7 Å². The average molecular weight is 442 g/mol. The van der Waals surface area contributed by atoms with E-state index >= 15 is 0 Å². The minimum atomic E-state index is -2.61. The second kappa shape index (κ2) is 8.27. The van der Waals surface area contributed by atoms with Crippen molar-refractivity contribution in [2.45, 2.75) is 19.5 Å². The molecule has 3 aromatic heterocycles. The summed E-state index contributed by atoms with van der Waals surface area (Å²) in [6.45, 7) is 3.24. The predicted molar refractivity (Wildman–Crippen MR) is 115 cm³/mol. The molecule has 4 heterocycles. The zero-order valence-electron chi connectivity index (χ0n) is 17.2. The monoisotopic (exact) mass is 442 g/mol. The molecule has 7 nitrogen and oxygen atoms in total. The third-order valence-electron chi connectivity index (χ3n) is 5.73. The Balaban J connectivity index is 1.26. The number of alkyl halides is 2. The van der Waals surface area contributed by atoms with E-state index in [0.717, 1.165) is 47.8 Å². The molecule has 5 rings (SSSR count). The first kappa shape index (κ1) is 20.5. The molecule has 1 aromatic carbocycles. The van der Waals surface area contributed by atoms with Gasteiger partial charge in [-0.1, -0.05) is 0 Å². The summed E-state index contributed by atoms with van der Waals surface area (Å²) < 4.78 is 41.3. The summed E-state index contributed by atoms with van der Waals surface area (Å²) in [5.41, 5.74) is 2.59. The van der Waals surface area contributed by atoms with Gasteiger partial charge in [0.2, 0.25) is 0 Å². The molecule has 166 valence electrons. The van der Waals surface area contributed by atoms with Gasteiger partial charge in [0.25, 0.3) is 12.0 Å². The third-order valence-corrected chi connectivity index (χ3v) is 5.73. The lowest BCUT2D eigenvalue weighted by Crippen LogP contribution is -2.46. The van der Waals surface area contributed by atoms with Crippen molar-refractivity contribution in [3.05, 3.63) is 70.9 Å². The number of aromatic nitrogens is 4. The SMILES string of the molecule is O=c1c2ccc(N3CCN(Cc4cn5cc(F)ccc5n4)CC3)cc2ncn1CC(F)F. The van der Waals surface area contributed by atoms with Crippen molar-refractivity contribution in [2.75, 3.05) is 31.1 Å². The van der Waals surface area contributed by atoms with Crippen molar-refractivity contribution in [3.63, 3.8) is 0 Å². The Kier molecular flexibility index (Phi) is 5.30. The first-order valence-corrected chi connectivity index (χ1v) is 10.3. The van der Waals surface area contributed by atoms with Crippen molar-refractivity contribution in [3.8, 4) is 0 Å². The highest BCUT2D eigenvalue weighted by atomic mass is 19.3.